The fourth-order valence-corrected chi connectivity index (χ4v) is 4.50. The van der Waals surface area contributed by atoms with Crippen LogP contribution in [0.1, 0.15) is 21.7 Å². The average molecular weight is 377 g/mol. The molecular weight excluding hydrogens is 358 g/mol. The summed E-state index contributed by atoms with van der Waals surface area (Å²) in [6, 6.07) is 7.21. The van der Waals surface area contributed by atoms with Crippen LogP contribution in [-0.4, -0.2) is 64.2 Å². The molecule has 0 saturated carbocycles. The summed E-state index contributed by atoms with van der Waals surface area (Å²) in [5, 5.41) is 13.7. The van der Waals surface area contributed by atoms with E-state index in [2.05, 4.69) is 5.10 Å². The molecule has 0 radical (unpaired) electrons. The Morgan fingerprint density at radius 2 is 1.85 bits per heavy atom. The summed E-state index contributed by atoms with van der Waals surface area (Å²) < 4.78 is 25.1. The van der Waals surface area contributed by atoms with E-state index in [0.717, 1.165) is 22.0 Å². The molecule has 138 valence electrons. The minimum atomic E-state index is -3.46. The first-order chi connectivity index (χ1) is 12.2. The highest BCUT2D eigenvalue weighted by molar-refractivity contribution is 7.91. The number of hydrogen-bond donors (Lipinski definition) is 1. The van der Waals surface area contributed by atoms with Gasteiger partial charge in [0.05, 0.1) is 22.9 Å². The van der Waals surface area contributed by atoms with Gasteiger partial charge in [-0.3, -0.25) is 4.79 Å². The van der Waals surface area contributed by atoms with Gasteiger partial charge in [-0.25, -0.2) is 17.9 Å². The van der Waals surface area contributed by atoms with Crippen molar-refractivity contribution in [2.24, 2.45) is 0 Å². The van der Waals surface area contributed by atoms with Crippen LogP contribution >= 0.6 is 0 Å². The third-order valence-corrected chi connectivity index (χ3v) is 5.97. The van der Waals surface area contributed by atoms with E-state index in [0.29, 0.717) is 5.56 Å². The van der Waals surface area contributed by atoms with Crippen LogP contribution in [0.5, 0.6) is 0 Å². The van der Waals surface area contributed by atoms with Gasteiger partial charge in [0.2, 0.25) is 0 Å². The maximum atomic E-state index is 12.7. The monoisotopic (exact) mass is 377 g/mol. The molecule has 9 heteroatoms. The molecule has 2 aromatic rings. The Balaban J connectivity index is 1.85. The molecule has 0 spiro atoms. The van der Waals surface area contributed by atoms with Crippen molar-refractivity contribution in [2.75, 3.05) is 18.1 Å². The van der Waals surface area contributed by atoms with Crippen molar-refractivity contribution in [3.8, 4) is 5.69 Å². The lowest BCUT2D eigenvalue weighted by Gasteiger charge is -2.32. The number of carbonyl (C=O) groups is 2. The molecule has 8 nitrogen and oxygen atoms in total. The first kappa shape index (κ1) is 18.1. The van der Waals surface area contributed by atoms with Crippen LogP contribution in [0.15, 0.2) is 30.3 Å². The van der Waals surface area contributed by atoms with Crippen LogP contribution in [0, 0.1) is 13.8 Å². The molecule has 1 aromatic carbocycles. The van der Waals surface area contributed by atoms with Crippen LogP contribution < -0.4 is 0 Å². The molecule has 26 heavy (non-hydrogen) atoms. The highest BCUT2D eigenvalue weighted by Gasteiger charge is 2.38. The fraction of sp³-hybridized carbons (Fsp3) is 0.353. The standard InChI is InChI=1S/C17H19N3O5S/c1-11-9-12(2)20(18-11)14-5-3-13(4-6-14)16(21)19-7-8-26(24,25)10-15(19)17(22)23/h3-6,9,15H,7-8,10H2,1-2H3,(H,22,23). The Kier molecular flexibility index (Phi) is 4.57. The summed E-state index contributed by atoms with van der Waals surface area (Å²) in [7, 11) is -3.46. The van der Waals surface area contributed by atoms with Crippen molar-refractivity contribution in [3.63, 3.8) is 0 Å². The Labute approximate surface area is 151 Å². The zero-order chi connectivity index (χ0) is 19.1. The number of carbonyl (C=O) groups excluding carboxylic acids is 1. The lowest BCUT2D eigenvalue weighted by atomic mass is 10.1. The van der Waals surface area contributed by atoms with Crippen molar-refractivity contribution >= 4 is 21.7 Å². The summed E-state index contributed by atoms with van der Waals surface area (Å²) in [5.74, 6) is -2.60. The Morgan fingerprint density at radius 3 is 2.38 bits per heavy atom. The Morgan fingerprint density at radius 1 is 1.19 bits per heavy atom. The molecule has 1 fully saturated rings. The number of aromatic nitrogens is 2. The second-order valence-electron chi connectivity index (χ2n) is 6.35. The molecule has 1 N–H and O–H groups in total. The summed E-state index contributed by atoms with van der Waals surface area (Å²) in [6.45, 7) is 3.68. The summed E-state index contributed by atoms with van der Waals surface area (Å²) in [4.78, 5) is 25.2. The summed E-state index contributed by atoms with van der Waals surface area (Å²) >= 11 is 0. The van der Waals surface area contributed by atoms with E-state index in [9.17, 15) is 23.1 Å². The van der Waals surface area contributed by atoms with Crippen molar-refractivity contribution in [3.05, 3.63) is 47.3 Å². The van der Waals surface area contributed by atoms with Crippen LogP contribution in [0.3, 0.4) is 0 Å². The fourth-order valence-electron chi connectivity index (χ4n) is 3.06. The van der Waals surface area contributed by atoms with Crippen LogP contribution in [0.4, 0.5) is 0 Å². The van der Waals surface area contributed by atoms with Gasteiger partial charge in [0, 0.05) is 17.8 Å². The number of nitrogens with zero attached hydrogens (tertiary/aromatic N) is 3. The van der Waals surface area contributed by atoms with Gasteiger partial charge in [-0.1, -0.05) is 0 Å². The van der Waals surface area contributed by atoms with Gasteiger partial charge < -0.3 is 10.0 Å². The number of carboxylic acid groups (broad SMARTS) is 1. The van der Waals surface area contributed by atoms with Gasteiger partial charge in [-0.2, -0.15) is 5.10 Å². The Bertz CT molecular complexity index is 963. The Hall–Kier alpha value is -2.68. The van der Waals surface area contributed by atoms with Gasteiger partial charge in [-0.05, 0) is 44.2 Å². The molecule has 0 aliphatic carbocycles. The van der Waals surface area contributed by atoms with Crippen molar-refractivity contribution in [1.82, 2.24) is 14.7 Å². The van der Waals surface area contributed by atoms with Crippen LogP contribution in [-0.2, 0) is 14.6 Å². The number of rotatable bonds is 3. The zero-order valence-electron chi connectivity index (χ0n) is 14.4. The maximum Gasteiger partial charge on any atom is 0.327 e. The number of aliphatic carboxylic acids is 1. The first-order valence-corrected chi connectivity index (χ1v) is 9.88. The molecule has 3 rings (SSSR count). The van der Waals surface area contributed by atoms with Crippen LogP contribution in [0.2, 0.25) is 0 Å². The average Bonchev–Trinajstić information content (AvgIpc) is 2.92. The van der Waals surface area contributed by atoms with Crippen LogP contribution in [0.25, 0.3) is 5.69 Å². The van der Waals surface area contributed by atoms with Crippen molar-refractivity contribution in [2.45, 2.75) is 19.9 Å². The molecule has 1 aliphatic rings. The summed E-state index contributed by atoms with van der Waals surface area (Å²) in [5.41, 5.74) is 2.92. The molecule has 1 aromatic heterocycles. The third kappa shape index (κ3) is 3.48. The van der Waals surface area contributed by atoms with E-state index in [1.165, 1.54) is 0 Å². The van der Waals surface area contributed by atoms with E-state index in [4.69, 9.17) is 0 Å². The van der Waals surface area contributed by atoms with Crippen molar-refractivity contribution in [1.29, 1.82) is 0 Å². The second kappa shape index (κ2) is 6.56. The van der Waals surface area contributed by atoms with Crippen molar-refractivity contribution < 1.29 is 23.1 Å². The predicted octanol–water partition coefficient (Wildman–Crippen LogP) is 0.813. The smallest absolute Gasteiger partial charge is 0.327 e. The molecule has 0 bridgehead atoms. The number of amides is 1. The minimum absolute atomic E-state index is 0.128. The molecule has 1 unspecified atom stereocenters. The number of carboxylic acids is 1. The lowest BCUT2D eigenvalue weighted by molar-refractivity contribution is -0.141. The minimum Gasteiger partial charge on any atom is -0.480 e. The molecule has 1 atom stereocenters. The summed E-state index contributed by atoms with van der Waals surface area (Å²) in [6.07, 6.45) is 0. The van der Waals surface area contributed by atoms with E-state index in [-0.39, 0.29) is 12.3 Å². The van der Waals surface area contributed by atoms with E-state index < -0.39 is 33.5 Å². The molecular formula is C17H19N3O5S. The lowest BCUT2D eigenvalue weighted by Crippen LogP contribution is -2.54. The number of hydrogen-bond acceptors (Lipinski definition) is 5. The topological polar surface area (TPSA) is 110 Å². The predicted molar refractivity (Wildman–Crippen MR) is 94.2 cm³/mol. The molecule has 1 amide bonds. The third-order valence-electron chi connectivity index (χ3n) is 4.35. The van der Waals surface area contributed by atoms with Gasteiger partial charge in [-0.15, -0.1) is 0 Å². The van der Waals surface area contributed by atoms with Gasteiger partial charge in [0.1, 0.15) is 6.04 Å². The quantitative estimate of drug-likeness (QED) is 0.848. The maximum absolute atomic E-state index is 12.7. The van der Waals surface area contributed by atoms with Gasteiger partial charge >= 0.3 is 5.97 Å². The van der Waals surface area contributed by atoms with E-state index in [1.54, 1.807) is 28.9 Å². The highest BCUT2D eigenvalue weighted by Crippen LogP contribution is 2.18. The number of aryl methyl sites for hydroxylation is 2. The second-order valence-corrected chi connectivity index (χ2v) is 8.58. The number of benzene rings is 1. The largest absolute Gasteiger partial charge is 0.480 e. The molecule has 2 heterocycles. The zero-order valence-corrected chi connectivity index (χ0v) is 15.2. The van der Waals surface area contributed by atoms with E-state index >= 15 is 0 Å². The number of sulfone groups is 1. The molecule has 1 saturated heterocycles. The SMILES string of the molecule is Cc1cc(C)n(-c2ccc(C(=O)N3CCS(=O)(=O)CC3C(=O)O)cc2)n1. The van der Waals surface area contributed by atoms with E-state index in [1.807, 2.05) is 19.9 Å². The normalized spacial score (nSPS) is 19.3. The molecule has 1 aliphatic heterocycles. The van der Waals surface area contributed by atoms with Gasteiger partial charge in [0.25, 0.3) is 5.91 Å². The first-order valence-electron chi connectivity index (χ1n) is 8.06. The highest BCUT2D eigenvalue weighted by atomic mass is 32.2. The van der Waals surface area contributed by atoms with Gasteiger partial charge in [0.15, 0.2) is 9.84 Å².